The van der Waals surface area contributed by atoms with Crippen molar-refractivity contribution in [3.8, 4) is 11.4 Å². The third kappa shape index (κ3) is 2.99. The van der Waals surface area contributed by atoms with Crippen molar-refractivity contribution in [1.82, 2.24) is 14.7 Å². The second-order valence-electron chi connectivity index (χ2n) is 8.24. The van der Waals surface area contributed by atoms with E-state index in [4.69, 9.17) is 14.2 Å². The van der Waals surface area contributed by atoms with Gasteiger partial charge in [-0.05, 0) is 62.1 Å². The van der Waals surface area contributed by atoms with Crippen LogP contribution in [0.3, 0.4) is 0 Å². The lowest BCUT2D eigenvalue weighted by Crippen LogP contribution is -2.36. The lowest BCUT2D eigenvalue weighted by atomic mass is 10.1. The van der Waals surface area contributed by atoms with Gasteiger partial charge in [-0.2, -0.15) is 0 Å². The second-order valence-corrected chi connectivity index (χ2v) is 8.24. The average molecular weight is 388 g/mol. The topological polar surface area (TPSA) is 56.3 Å². The highest BCUT2D eigenvalue weighted by molar-refractivity contribution is 5.88. The zero-order valence-electron chi connectivity index (χ0n) is 16.6. The van der Waals surface area contributed by atoms with Gasteiger partial charge in [0.1, 0.15) is 5.82 Å². The predicted octanol–water partition coefficient (Wildman–Crippen LogP) is 4.40. The number of benzene rings is 2. The van der Waals surface area contributed by atoms with Gasteiger partial charge in [0.15, 0.2) is 5.58 Å². The van der Waals surface area contributed by atoms with E-state index in [2.05, 4.69) is 45.0 Å². The molecule has 1 saturated heterocycles. The number of nitrogens with zero attached hydrogens (tertiary/aromatic N) is 4. The van der Waals surface area contributed by atoms with E-state index < -0.39 is 0 Å². The quantitative estimate of drug-likeness (QED) is 0.519. The molecule has 6 nitrogen and oxygen atoms in total. The first-order chi connectivity index (χ1) is 14.3. The van der Waals surface area contributed by atoms with Crippen molar-refractivity contribution in [2.45, 2.75) is 26.3 Å². The fourth-order valence-electron chi connectivity index (χ4n) is 4.29. The number of imidazole rings is 1. The van der Waals surface area contributed by atoms with Crippen LogP contribution < -0.4 is 4.90 Å². The first-order valence-electron chi connectivity index (χ1n) is 10.5. The number of hydrogen-bond acceptors (Lipinski definition) is 5. The third-order valence-corrected chi connectivity index (χ3v) is 6.15. The number of fused-ring (bicyclic) bond motifs is 2. The molecule has 0 bridgehead atoms. The second kappa shape index (κ2) is 6.59. The van der Waals surface area contributed by atoms with Gasteiger partial charge in [0.2, 0.25) is 0 Å². The smallest absolute Gasteiger partial charge is 0.167 e. The molecule has 2 fully saturated rings. The zero-order valence-corrected chi connectivity index (χ0v) is 16.6. The molecule has 1 aliphatic heterocycles. The number of ether oxygens (including phenoxy) is 1. The summed E-state index contributed by atoms with van der Waals surface area (Å²) in [5, 5.41) is 5.16. The van der Waals surface area contributed by atoms with E-state index in [9.17, 15) is 0 Å². The Morgan fingerprint density at radius 1 is 1.07 bits per heavy atom. The number of morpholine rings is 1. The van der Waals surface area contributed by atoms with Gasteiger partial charge in [0.25, 0.3) is 0 Å². The highest BCUT2D eigenvalue weighted by atomic mass is 16.5. The van der Waals surface area contributed by atoms with Gasteiger partial charge in [0.05, 0.1) is 29.9 Å². The molecule has 1 aliphatic carbocycles. The van der Waals surface area contributed by atoms with Gasteiger partial charge in [-0.25, -0.2) is 4.98 Å². The van der Waals surface area contributed by atoms with Crippen molar-refractivity contribution in [3.05, 3.63) is 42.1 Å². The number of aryl methyl sites for hydroxylation is 1. The average Bonchev–Trinajstić information content (AvgIpc) is 3.42. The van der Waals surface area contributed by atoms with Crippen molar-refractivity contribution in [1.29, 1.82) is 0 Å². The van der Waals surface area contributed by atoms with Gasteiger partial charge >= 0.3 is 0 Å². The van der Waals surface area contributed by atoms with E-state index in [0.29, 0.717) is 0 Å². The van der Waals surface area contributed by atoms with Crippen LogP contribution in [0.15, 0.2) is 40.9 Å². The van der Waals surface area contributed by atoms with Gasteiger partial charge in [-0.1, -0.05) is 5.16 Å². The van der Waals surface area contributed by atoms with E-state index in [1.165, 1.54) is 24.0 Å². The maximum atomic E-state index is 5.52. The highest BCUT2D eigenvalue weighted by Crippen LogP contribution is 2.36. The molecule has 0 N–H and O–H groups in total. The lowest BCUT2D eigenvalue weighted by molar-refractivity contribution is 0.122. The first-order valence-corrected chi connectivity index (χ1v) is 10.5. The van der Waals surface area contributed by atoms with Crippen LogP contribution in [0.1, 0.15) is 18.5 Å². The molecule has 1 saturated carbocycles. The standard InChI is InChI=1S/C23H24N4O2/c1-15-19-12-17(4-7-22(19)29-25-15)23-24-20-6-5-18(26-8-10-28-11-9-26)13-21(20)27(23)14-16-2-3-16/h4-7,12-13,16H,2-3,8-11,14H2,1H3. The van der Waals surface area contributed by atoms with Gasteiger partial charge in [-0.3, -0.25) is 0 Å². The van der Waals surface area contributed by atoms with Crippen molar-refractivity contribution in [2.24, 2.45) is 5.92 Å². The molecule has 2 aromatic carbocycles. The fourth-order valence-corrected chi connectivity index (χ4v) is 4.29. The number of anilines is 1. The normalized spacial score (nSPS) is 17.5. The van der Waals surface area contributed by atoms with E-state index >= 15 is 0 Å². The predicted molar refractivity (Wildman–Crippen MR) is 113 cm³/mol. The molecule has 0 spiro atoms. The largest absolute Gasteiger partial charge is 0.378 e. The summed E-state index contributed by atoms with van der Waals surface area (Å²) < 4.78 is 13.3. The van der Waals surface area contributed by atoms with Crippen molar-refractivity contribution in [3.63, 3.8) is 0 Å². The van der Waals surface area contributed by atoms with Gasteiger partial charge in [0, 0.05) is 36.3 Å². The van der Waals surface area contributed by atoms with Crippen LogP contribution in [0.25, 0.3) is 33.4 Å². The molecule has 0 atom stereocenters. The summed E-state index contributed by atoms with van der Waals surface area (Å²) in [6.45, 7) is 6.49. The lowest BCUT2D eigenvalue weighted by Gasteiger charge is -2.28. The Hall–Kier alpha value is -2.86. The van der Waals surface area contributed by atoms with Crippen LogP contribution >= 0.6 is 0 Å². The summed E-state index contributed by atoms with van der Waals surface area (Å²) >= 11 is 0. The number of rotatable bonds is 4. The minimum atomic E-state index is 0.763. The van der Waals surface area contributed by atoms with Crippen LogP contribution in [0.2, 0.25) is 0 Å². The zero-order chi connectivity index (χ0) is 19.4. The van der Waals surface area contributed by atoms with E-state index in [-0.39, 0.29) is 0 Å². The van der Waals surface area contributed by atoms with Crippen molar-refractivity contribution >= 4 is 27.7 Å². The maximum absolute atomic E-state index is 5.52. The molecule has 0 amide bonds. The molecule has 6 heteroatoms. The molecule has 2 aliphatic rings. The number of hydrogen-bond donors (Lipinski definition) is 0. The number of aromatic nitrogens is 3. The first kappa shape index (κ1) is 17.0. The molecule has 148 valence electrons. The van der Waals surface area contributed by atoms with Crippen LogP contribution in [-0.4, -0.2) is 41.0 Å². The maximum Gasteiger partial charge on any atom is 0.167 e. The molecule has 29 heavy (non-hydrogen) atoms. The summed E-state index contributed by atoms with van der Waals surface area (Å²) in [4.78, 5) is 7.45. The van der Waals surface area contributed by atoms with Crippen molar-refractivity contribution < 1.29 is 9.26 Å². The van der Waals surface area contributed by atoms with Gasteiger partial charge < -0.3 is 18.7 Å². The summed E-state index contributed by atoms with van der Waals surface area (Å²) in [6.07, 6.45) is 2.62. The Kier molecular flexibility index (Phi) is 3.87. The molecular formula is C23H24N4O2. The van der Waals surface area contributed by atoms with Crippen LogP contribution in [0, 0.1) is 12.8 Å². The van der Waals surface area contributed by atoms with Crippen LogP contribution in [0.5, 0.6) is 0 Å². The molecule has 0 unspecified atom stereocenters. The molecule has 0 radical (unpaired) electrons. The third-order valence-electron chi connectivity index (χ3n) is 6.15. The highest BCUT2D eigenvalue weighted by Gasteiger charge is 2.25. The minimum absolute atomic E-state index is 0.763. The SMILES string of the molecule is Cc1noc2ccc(-c3nc4ccc(N5CCOCC5)cc4n3CC3CC3)cc12. The van der Waals surface area contributed by atoms with E-state index in [0.717, 1.165) is 72.3 Å². The Balaban J connectivity index is 1.49. The summed E-state index contributed by atoms with van der Waals surface area (Å²) in [7, 11) is 0. The Bertz CT molecular complexity index is 1200. The fraction of sp³-hybridized carbons (Fsp3) is 0.391. The van der Waals surface area contributed by atoms with E-state index in [1.54, 1.807) is 0 Å². The summed E-state index contributed by atoms with van der Waals surface area (Å²) in [5.74, 6) is 1.80. The molecular weight excluding hydrogens is 364 g/mol. The Morgan fingerprint density at radius 3 is 2.76 bits per heavy atom. The van der Waals surface area contributed by atoms with Crippen LogP contribution in [0.4, 0.5) is 5.69 Å². The molecule has 4 aromatic rings. The van der Waals surface area contributed by atoms with Gasteiger partial charge in [-0.15, -0.1) is 0 Å². The van der Waals surface area contributed by atoms with Crippen LogP contribution in [-0.2, 0) is 11.3 Å². The molecule has 3 heterocycles. The monoisotopic (exact) mass is 388 g/mol. The minimum Gasteiger partial charge on any atom is -0.378 e. The molecule has 2 aromatic heterocycles. The Labute approximate surface area is 169 Å². The summed E-state index contributed by atoms with van der Waals surface area (Å²) in [5.41, 5.74) is 6.40. The van der Waals surface area contributed by atoms with Crippen molar-refractivity contribution in [2.75, 3.05) is 31.2 Å². The molecule has 6 rings (SSSR count). The summed E-state index contributed by atoms with van der Waals surface area (Å²) in [6, 6.07) is 12.9. The Morgan fingerprint density at radius 2 is 1.93 bits per heavy atom. The van der Waals surface area contributed by atoms with E-state index in [1.807, 2.05) is 13.0 Å².